The molecule has 0 aliphatic carbocycles. The third-order valence-corrected chi connectivity index (χ3v) is 3.85. The smallest absolute Gasteiger partial charge is 0.271 e. The van der Waals surface area contributed by atoms with Gasteiger partial charge in [0.2, 0.25) is 5.75 Å². The summed E-state index contributed by atoms with van der Waals surface area (Å²) in [6.45, 7) is 8.45. The number of amides is 1. The van der Waals surface area contributed by atoms with Crippen LogP contribution in [0, 0.1) is 17.0 Å². The van der Waals surface area contributed by atoms with Crippen LogP contribution in [-0.2, 0) is 0 Å². The molecule has 28 heavy (non-hydrogen) atoms. The molecule has 0 saturated heterocycles. The quantitative estimate of drug-likeness (QED) is 0.506. The van der Waals surface area contributed by atoms with Crippen LogP contribution in [0.5, 0.6) is 17.2 Å². The molecule has 0 aliphatic rings. The Labute approximate surface area is 163 Å². The maximum Gasteiger partial charge on any atom is 0.271 e. The van der Waals surface area contributed by atoms with Gasteiger partial charge in [-0.1, -0.05) is 6.07 Å². The van der Waals surface area contributed by atoms with E-state index in [2.05, 4.69) is 5.32 Å². The Hall–Kier alpha value is -3.29. The Balaban J connectivity index is 2.42. The molecule has 150 valence electrons. The highest BCUT2D eigenvalue weighted by atomic mass is 16.6. The van der Waals surface area contributed by atoms with Gasteiger partial charge in [0.05, 0.1) is 30.4 Å². The molecule has 0 atom stereocenters. The number of nitrogens with one attached hydrogen (secondary N) is 1. The molecule has 0 saturated carbocycles. The lowest BCUT2D eigenvalue weighted by Crippen LogP contribution is -2.14. The summed E-state index contributed by atoms with van der Waals surface area (Å²) < 4.78 is 16.9. The molecule has 0 heterocycles. The fourth-order valence-corrected chi connectivity index (χ4v) is 2.57. The summed E-state index contributed by atoms with van der Waals surface area (Å²) in [6, 6.07) is 7.44. The van der Waals surface area contributed by atoms with Crippen molar-refractivity contribution >= 4 is 17.3 Å². The third kappa shape index (κ3) is 4.91. The number of ether oxygens (including phenoxy) is 3. The lowest BCUT2D eigenvalue weighted by atomic mass is 10.1. The number of rotatable bonds is 9. The van der Waals surface area contributed by atoms with Gasteiger partial charge in [0.25, 0.3) is 11.6 Å². The van der Waals surface area contributed by atoms with Crippen LogP contribution in [0.2, 0.25) is 0 Å². The molecule has 0 aliphatic heterocycles. The summed E-state index contributed by atoms with van der Waals surface area (Å²) in [7, 11) is 0. The summed E-state index contributed by atoms with van der Waals surface area (Å²) in [6.07, 6.45) is 0. The predicted molar refractivity (Wildman–Crippen MR) is 106 cm³/mol. The predicted octanol–water partition coefficient (Wildman–Crippen LogP) is 4.35. The van der Waals surface area contributed by atoms with Crippen molar-refractivity contribution in [2.24, 2.45) is 0 Å². The number of aryl methyl sites for hydroxylation is 1. The Morgan fingerprint density at radius 1 is 1.00 bits per heavy atom. The van der Waals surface area contributed by atoms with E-state index >= 15 is 0 Å². The number of nitro groups is 1. The van der Waals surface area contributed by atoms with Crippen molar-refractivity contribution in [1.82, 2.24) is 0 Å². The zero-order chi connectivity index (χ0) is 20.7. The molecule has 1 amide bonds. The lowest BCUT2D eigenvalue weighted by Gasteiger charge is -2.17. The van der Waals surface area contributed by atoms with Gasteiger partial charge in [-0.05, 0) is 45.4 Å². The van der Waals surface area contributed by atoms with Crippen molar-refractivity contribution in [3.8, 4) is 17.2 Å². The van der Waals surface area contributed by atoms with Gasteiger partial charge in [-0.15, -0.1) is 0 Å². The molecular formula is C20H24N2O6. The molecule has 2 aromatic carbocycles. The number of non-ortho nitro benzene ring substituents is 1. The number of benzene rings is 2. The van der Waals surface area contributed by atoms with E-state index in [0.29, 0.717) is 53.9 Å². The highest BCUT2D eigenvalue weighted by Gasteiger charge is 2.19. The fraction of sp³-hybridized carbons (Fsp3) is 0.350. The number of carbonyl (C=O) groups excluding carboxylic acids is 1. The normalized spacial score (nSPS) is 10.3. The zero-order valence-electron chi connectivity index (χ0n) is 16.4. The number of anilines is 1. The van der Waals surface area contributed by atoms with Crippen LogP contribution in [0.4, 0.5) is 11.4 Å². The second-order valence-corrected chi connectivity index (χ2v) is 5.81. The van der Waals surface area contributed by atoms with Gasteiger partial charge < -0.3 is 19.5 Å². The molecule has 8 heteroatoms. The molecule has 1 N–H and O–H groups in total. The van der Waals surface area contributed by atoms with E-state index in [0.717, 1.165) is 0 Å². The molecule has 2 aromatic rings. The Bertz CT molecular complexity index is 839. The standard InChI is InChI=1S/C20H24N2O6/c1-5-26-17-10-14(11-18(27-6-2)19(17)28-7-3)20(23)21-16-12-15(22(24)25)9-8-13(16)4/h8-12H,5-7H2,1-4H3,(H,21,23). The molecular weight excluding hydrogens is 364 g/mol. The number of nitro benzene ring substituents is 1. The average molecular weight is 388 g/mol. The van der Waals surface area contributed by atoms with Gasteiger partial charge in [0.1, 0.15) is 0 Å². The topological polar surface area (TPSA) is 99.9 Å². The van der Waals surface area contributed by atoms with Crippen molar-refractivity contribution in [1.29, 1.82) is 0 Å². The van der Waals surface area contributed by atoms with Crippen LogP contribution < -0.4 is 19.5 Å². The highest BCUT2D eigenvalue weighted by molar-refractivity contribution is 6.05. The summed E-state index contributed by atoms with van der Waals surface area (Å²) in [4.78, 5) is 23.3. The lowest BCUT2D eigenvalue weighted by molar-refractivity contribution is -0.384. The van der Waals surface area contributed by atoms with Crippen molar-refractivity contribution in [3.63, 3.8) is 0 Å². The highest BCUT2D eigenvalue weighted by Crippen LogP contribution is 2.39. The Kier molecular flexibility index (Phi) is 7.20. The van der Waals surface area contributed by atoms with Crippen LogP contribution >= 0.6 is 0 Å². The van der Waals surface area contributed by atoms with E-state index < -0.39 is 10.8 Å². The first-order valence-electron chi connectivity index (χ1n) is 9.04. The van der Waals surface area contributed by atoms with E-state index in [1.807, 2.05) is 20.8 Å². The van der Waals surface area contributed by atoms with Crippen molar-refractivity contribution in [2.45, 2.75) is 27.7 Å². The zero-order valence-corrected chi connectivity index (χ0v) is 16.4. The average Bonchev–Trinajstić information content (AvgIpc) is 2.66. The largest absolute Gasteiger partial charge is 0.490 e. The second-order valence-electron chi connectivity index (χ2n) is 5.81. The van der Waals surface area contributed by atoms with E-state index in [9.17, 15) is 14.9 Å². The van der Waals surface area contributed by atoms with Gasteiger partial charge in [-0.3, -0.25) is 14.9 Å². The van der Waals surface area contributed by atoms with Gasteiger partial charge in [-0.2, -0.15) is 0 Å². The molecule has 0 unspecified atom stereocenters. The van der Waals surface area contributed by atoms with E-state index in [1.54, 1.807) is 25.1 Å². The molecule has 0 bridgehead atoms. The number of hydrogen-bond donors (Lipinski definition) is 1. The Morgan fingerprint density at radius 3 is 2.07 bits per heavy atom. The maximum absolute atomic E-state index is 12.8. The molecule has 8 nitrogen and oxygen atoms in total. The molecule has 0 radical (unpaired) electrons. The number of hydrogen-bond acceptors (Lipinski definition) is 6. The van der Waals surface area contributed by atoms with Crippen LogP contribution in [0.15, 0.2) is 30.3 Å². The third-order valence-electron chi connectivity index (χ3n) is 3.85. The van der Waals surface area contributed by atoms with Crippen LogP contribution in [0.3, 0.4) is 0 Å². The molecule has 0 fully saturated rings. The van der Waals surface area contributed by atoms with Crippen molar-refractivity contribution in [2.75, 3.05) is 25.1 Å². The minimum absolute atomic E-state index is 0.0994. The maximum atomic E-state index is 12.8. The van der Waals surface area contributed by atoms with Crippen molar-refractivity contribution < 1.29 is 23.9 Å². The van der Waals surface area contributed by atoms with Gasteiger partial charge in [0, 0.05) is 17.7 Å². The van der Waals surface area contributed by atoms with Crippen LogP contribution in [0.1, 0.15) is 36.7 Å². The first-order chi connectivity index (χ1) is 13.4. The summed E-state index contributed by atoms with van der Waals surface area (Å²) in [5, 5.41) is 13.7. The second kappa shape index (κ2) is 9.59. The van der Waals surface area contributed by atoms with E-state index in [-0.39, 0.29) is 5.69 Å². The molecule has 0 spiro atoms. The number of carbonyl (C=O) groups is 1. The van der Waals surface area contributed by atoms with E-state index in [1.165, 1.54) is 12.1 Å². The van der Waals surface area contributed by atoms with E-state index in [4.69, 9.17) is 14.2 Å². The van der Waals surface area contributed by atoms with Crippen LogP contribution in [0.25, 0.3) is 0 Å². The molecule has 0 aromatic heterocycles. The van der Waals surface area contributed by atoms with Gasteiger partial charge in [-0.25, -0.2) is 0 Å². The Morgan fingerprint density at radius 2 is 1.57 bits per heavy atom. The summed E-state index contributed by atoms with van der Waals surface area (Å²) in [5.74, 6) is 0.801. The SMILES string of the molecule is CCOc1cc(C(=O)Nc2cc([N+](=O)[O-])ccc2C)cc(OCC)c1OCC. The monoisotopic (exact) mass is 388 g/mol. The summed E-state index contributed by atoms with van der Waals surface area (Å²) >= 11 is 0. The number of nitrogens with zero attached hydrogens (tertiary/aromatic N) is 1. The fourth-order valence-electron chi connectivity index (χ4n) is 2.57. The van der Waals surface area contributed by atoms with Crippen molar-refractivity contribution in [3.05, 3.63) is 51.6 Å². The van der Waals surface area contributed by atoms with Gasteiger partial charge in [0.15, 0.2) is 11.5 Å². The minimum Gasteiger partial charge on any atom is -0.490 e. The van der Waals surface area contributed by atoms with Gasteiger partial charge >= 0.3 is 0 Å². The van der Waals surface area contributed by atoms with Crippen LogP contribution in [-0.4, -0.2) is 30.7 Å². The summed E-state index contributed by atoms with van der Waals surface area (Å²) in [5.41, 5.74) is 1.27. The minimum atomic E-state index is -0.508. The molecule has 2 rings (SSSR count). The first kappa shape index (κ1) is 21.0. The first-order valence-corrected chi connectivity index (χ1v) is 9.04.